The van der Waals surface area contributed by atoms with Gasteiger partial charge in [-0.05, 0) is 62.6 Å². The van der Waals surface area contributed by atoms with Crippen LogP contribution in [0.15, 0.2) is 60.7 Å². The number of ether oxygens (including phenoxy) is 1. The van der Waals surface area contributed by atoms with Crippen molar-refractivity contribution >= 4 is 44.3 Å². The molecule has 0 bridgehead atoms. The minimum atomic E-state index is -0.472. The predicted molar refractivity (Wildman–Crippen MR) is 142 cm³/mol. The lowest BCUT2D eigenvalue weighted by molar-refractivity contribution is -0.117. The summed E-state index contributed by atoms with van der Waals surface area (Å²) in [6.07, 6.45) is 7.51. The lowest BCUT2D eigenvalue weighted by Crippen LogP contribution is -2.17. The molecule has 1 fully saturated rings. The number of benzene rings is 2. The summed E-state index contributed by atoms with van der Waals surface area (Å²) in [5.74, 6) is 3.54. The maximum atomic E-state index is 12.9. The number of thiazole rings is 1. The lowest BCUT2D eigenvalue weighted by Gasteiger charge is -2.18. The minimum Gasteiger partial charge on any atom is -0.439 e. The van der Waals surface area contributed by atoms with E-state index in [1.54, 1.807) is 42.5 Å². The van der Waals surface area contributed by atoms with Crippen LogP contribution in [-0.4, -0.2) is 21.8 Å². The van der Waals surface area contributed by atoms with Gasteiger partial charge >= 0.3 is 0 Å². The summed E-state index contributed by atoms with van der Waals surface area (Å²) in [6, 6.07) is 17.9. The molecule has 0 spiro atoms. The number of pyridine rings is 1. The molecule has 2 N–H and O–H groups in total. The van der Waals surface area contributed by atoms with Gasteiger partial charge in [-0.1, -0.05) is 35.5 Å². The molecular formula is C28H24N4O3S. The molecule has 2 aromatic heterocycles. The summed E-state index contributed by atoms with van der Waals surface area (Å²) in [5, 5.41) is 6.29. The number of rotatable bonds is 7. The Labute approximate surface area is 212 Å². The van der Waals surface area contributed by atoms with Crippen molar-refractivity contribution in [3.63, 3.8) is 0 Å². The van der Waals surface area contributed by atoms with Crippen LogP contribution in [0.25, 0.3) is 10.3 Å². The van der Waals surface area contributed by atoms with Crippen LogP contribution >= 0.6 is 11.3 Å². The number of nitrogens with zero attached hydrogens (tertiary/aromatic N) is 2. The van der Waals surface area contributed by atoms with Crippen molar-refractivity contribution in [1.82, 2.24) is 9.97 Å². The summed E-state index contributed by atoms with van der Waals surface area (Å²) in [5.41, 5.74) is 2.22. The van der Waals surface area contributed by atoms with Gasteiger partial charge in [0.2, 0.25) is 11.8 Å². The van der Waals surface area contributed by atoms with Gasteiger partial charge in [-0.3, -0.25) is 9.59 Å². The van der Waals surface area contributed by atoms with Gasteiger partial charge in [0.15, 0.2) is 5.13 Å². The van der Waals surface area contributed by atoms with E-state index in [-0.39, 0.29) is 17.7 Å². The fourth-order valence-corrected chi connectivity index (χ4v) is 4.39. The van der Waals surface area contributed by atoms with Gasteiger partial charge in [0.1, 0.15) is 16.1 Å². The SMILES string of the molecule is C#CC(C)(C)c1cccc(C(=O)Nc2cccc(Oc3ccc4nc(NC(=O)C5CC5)sc4n3)c2)c1. The third kappa shape index (κ3) is 5.21. The van der Waals surface area contributed by atoms with Gasteiger partial charge in [0.05, 0.1) is 5.41 Å². The van der Waals surface area contributed by atoms with Crippen LogP contribution in [0, 0.1) is 18.3 Å². The van der Waals surface area contributed by atoms with Crippen molar-refractivity contribution in [2.24, 2.45) is 5.92 Å². The topological polar surface area (TPSA) is 93.2 Å². The summed E-state index contributed by atoms with van der Waals surface area (Å²) in [7, 11) is 0. The second-order valence-corrected chi connectivity index (χ2v) is 10.2. The molecule has 8 heteroatoms. The highest BCUT2D eigenvalue weighted by molar-refractivity contribution is 7.21. The molecule has 4 aromatic rings. The average molecular weight is 497 g/mol. The third-order valence-corrected chi connectivity index (χ3v) is 6.81. The molecule has 180 valence electrons. The second kappa shape index (κ2) is 9.44. The van der Waals surface area contributed by atoms with Crippen LogP contribution in [0.1, 0.15) is 42.6 Å². The number of fused-ring (bicyclic) bond motifs is 1. The first kappa shape index (κ1) is 23.5. The van der Waals surface area contributed by atoms with Crippen molar-refractivity contribution < 1.29 is 14.3 Å². The molecule has 0 saturated heterocycles. The first-order valence-corrected chi connectivity index (χ1v) is 12.4. The number of anilines is 2. The first-order valence-electron chi connectivity index (χ1n) is 11.6. The van der Waals surface area contributed by atoms with E-state index in [2.05, 4.69) is 26.5 Å². The Morgan fingerprint density at radius 2 is 1.86 bits per heavy atom. The van der Waals surface area contributed by atoms with E-state index in [9.17, 15) is 9.59 Å². The lowest BCUT2D eigenvalue weighted by atomic mass is 9.85. The van der Waals surface area contributed by atoms with E-state index >= 15 is 0 Å². The van der Waals surface area contributed by atoms with Crippen LogP contribution in [0.4, 0.5) is 10.8 Å². The standard InChI is InChI=1S/C28H24N4O3S/c1-4-28(2,3)19-8-5-7-18(15-19)25(34)29-20-9-6-10-21(16-20)35-23-14-13-22-26(31-23)36-27(30-22)32-24(33)17-11-12-17/h1,5-10,13-17H,11-12H2,2-3H3,(H,29,34)(H,30,32,33). The summed E-state index contributed by atoms with van der Waals surface area (Å²) >= 11 is 1.31. The Bertz CT molecular complexity index is 1510. The van der Waals surface area contributed by atoms with Crippen LogP contribution in [0.2, 0.25) is 0 Å². The molecule has 2 aromatic carbocycles. The van der Waals surface area contributed by atoms with Crippen molar-refractivity contribution in [3.8, 4) is 24.0 Å². The number of carbonyl (C=O) groups is 2. The van der Waals surface area contributed by atoms with Gasteiger partial charge < -0.3 is 15.4 Å². The zero-order valence-electron chi connectivity index (χ0n) is 19.9. The Hall–Kier alpha value is -4.22. The highest BCUT2D eigenvalue weighted by atomic mass is 32.1. The summed E-state index contributed by atoms with van der Waals surface area (Å²) in [6.45, 7) is 3.88. The van der Waals surface area contributed by atoms with Crippen molar-refractivity contribution in [1.29, 1.82) is 0 Å². The Morgan fingerprint density at radius 3 is 2.64 bits per heavy atom. The molecule has 0 unspecified atom stereocenters. The zero-order chi connectivity index (χ0) is 25.3. The normalized spacial score (nSPS) is 13.1. The van der Waals surface area contributed by atoms with Crippen molar-refractivity contribution in [3.05, 3.63) is 71.8 Å². The maximum Gasteiger partial charge on any atom is 0.255 e. The number of terminal acetylenes is 1. The Balaban J connectivity index is 1.28. The highest BCUT2D eigenvalue weighted by Gasteiger charge is 2.30. The van der Waals surface area contributed by atoms with E-state index in [4.69, 9.17) is 11.2 Å². The van der Waals surface area contributed by atoms with Crippen LogP contribution in [0.3, 0.4) is 0 Å². The predicted octanol–water partition coefficient (Wildman–Crippen LogP) is 6.00. The largest absolute Gasteiger partial charge is 0.439 e. The molecule has 2 heterocycles. The third-order valence-electron chi connectivity index (χ3n) is 5.93. The van der Waals surface area contributed by atoms with E-state index in [1.165, 1.54) is 11.3 Å². The molecule has 1 saturated carbocycles. The number of carbonyl (C=O) groups excluding carboxylic acids is 2. The number of hydrogen-bond donors (Lipinski definition) is 2. The number of amides is 2. The molecular weight excluding hydrogens is 472 g/mol. The molecule has 1 aliphatic rings. The first-order chi connectivity index (χ1) is 17.3. The number of nitrogens with one attached hydrogen (secondary N) is 2. The molecule has 7 nitrogen and oxygen atoms in total. The Morgan fingerprint density at radius 1 is 1.06 bits per heavy atom. The number of aromatic nitrogens is 2. The molecule has 2 amide bonds. The van der Waals surface area contributed by atoms with Crippen molar-refractivity contribution in [2.75, 3.05) is 10.6 Å². The second-order valence-electron chi connectivity index (χ2n) is 9.19. The fraction of sp³-hybridized carbons (Fsp3) is 0.214. The Kier molecular flexibility index (Phi) is 6.17. The number of hydrogen-bond acceptors (Lipinski definition) is 6. The van der Waals surface area contributed by atoms with Gasteiger partial charge in [-0.2, -0.15) is 0 Å². The van der Waals surface area contributed by atoms with E-state index in [1.807, 2.05) is 32.0 Å². The van der Waals surface area contributed by atoms with Gasteiger partial charge in [0, 0.05) is 29.3 Å². The average Bonchev–Trinajstić information content (AvgIpc) is 3.65. The van der Waals surface area contributed by atoms with Gasteiger partial charge in [0.25, 0.3) is 5.91 Å². The minimum absolute atomic E-state index is 0.0101. The summed E-state index contributed by atoms with van der Waals surface area (Å²) in [4.78, 5) is 34.5. The van der Waals surface area contributed by atoms with Gasteiger partial charge in [-0.15, -0.1) is 6.42 Å². The molecule has 0 radical (unpaired) electrons. The fourth-order valence-electron chi connectivity index (χ4n) is 3.56. The molecule has 1 aliphatic carbocycles. The quantitative estimate of drug-likeness (QED) is 0.306. The maximum absolute atomic E-state index is 12.9. The van der Waals surface area contributed by atoms with Crippen molar-refractivity contribution in [2.45, 2.75) is 32.1 Å². The van der Waals surface area contributed by atoms with E-state index in [0.29, 0.717) is 38.4 Å². The van der Waals surface area contributed by atoms with Crippen LogP contribution in [0.5, 0.6) is 11.6 Å². The smallest absolute Gasteiger partial charge is 0.255 e. The molecule has 5 rings (SSSR count). The molecule has 0 aliphatic heterocycles. The molecule has 36 heavy (non-hydrogen) atoms. The molecule has 0 atom stereocenters. The zero-order valence-corrected chi connectivity index (χ0v) is 20.7. The monoisotopic (exact) mass is 496 g/mol. The summed E-state index contributed by atoms with van der Waals surface area (Å²) < 4.78 is 5.94. The highest BCUT2D eigenvalue weighted by Crippen LogP contribution is 2.33. The van der Waals surface area contributed by atoms with E-state index in [0.717, 1.165) is 18.4 Å². The van der Waals surface area contributed by atoms with Gasteiger partial charge in [-0.25, -0.2) is 9.97 Å². The van der Waals surface area contributed by atoms with Crippen LogP contribution in [-0.2, 0) is 10.2 Å². The van der Waals surface area contributed by atoms with Crippen LogP contribution < -0.4 is 15.4 Å². The van der Waals surface area contributed by atoms with E-state index < -0.39 is 5.41 Å².